The van der Waals surface area contributed by atoms with Crippen molar-refractivity contribution in [2.24, 2.45) is 0 Å². The summed E-state index contributed by atoms with van der Waals surface area (Å²) >= 11 is 0. The van der Waals surface area contributed by atoms with E-state index in [9.17, 15) is 9.59 Å². The van der Waals surface area contributed by atoms with Crippen molar-refractivity contribution < 1.29 is 14.1 Å². The Labute approximate surface area is 121 Å². The number of aromatic nitrogens is 2. The molecule has 21 heavy (non-hydrogen) atoms. The Morgan fingerprint density at radius 2 is 2.29 bits per heavy atom. The van der Waals surface area contributed by atoms with Gasteiger partial charge in [0.1, 0.15) is 6.04 Å². The predicted molar refractivity (Wildman–Crippen MR) is 74.8 cm³/mol. The molecular weight excluding hydrogens is 272 g/mol. The largest absolute Gasteiger partial charge is 0.354 e. The third-order valence-electron chi connectivity index (χ3n) is 3.58. The van der Waals surface area contributed by atoms with Crippen LogP contribution in [0.2, 0.25) is 0 Å². The lowest BCUT2D eigenvalue weighted by atomic mass is 10.0. The molecule has 3 heterocycles. The van der Waals surface area contributed by atoms with Gasteiger partial charge in [-0.25, -0.2) is 4.98 Å². The van der Waals surface area contributed by atoms with Crippen molar-refractivity contribution in [1.29, 1.82) is 0 Å². The summed E-state index contributed by atoms with van der Waals surface area (Å²) in [6.07, 6.45) is 1.50. The first-order chi connectivity index (χ1) is 10.1. The van der Waals surface area contributed by atoms with Crippen LogP contribution in [0.5, 0.6) is 0 Å². The second-order valence-corrected chi connectivity index (χ2v) is 5.22. The molecule has 0 aromatic carbocycles. The molecule has 1 saturated heterocycles. The number of carbonyl (C=O) groups is 2. The van der Waals surface area contributed by atoms with Crippen LogP contribution in [0.1, 0.15) is 34.6 Å². The maximum atomic E-state index is 12.5. The summed E-state index contributed by atoms with van der Waals surface area (Å²) in [6, 6.07) is 1.19. The van der Waals surface area contributed by atoms with Crippen molar-refractivity contribution in [1.82, 2.24) is 20.8 Å². The van der Waals surface area contributed by atoms with Gasteiger partial charge < -0.3 is 15.2 Å². The Balaban J connectivity index is 1.94. The van der Waals surface area contributed by atoms with Crippen molar-refractivity contribution in [2.75, 3.05) is 6.54 Å². The minimum Gasteiger partial charge on any atom is -0.354 e. The molecule has 0 bridgehead atoms. The number of nitrogens with one attached hydrogen (secondary N) is 2. The molecule has 2 amide bonds. The lowest BCUT2D eigenvalue weighted by Gasteiger charge is -2.22. The van der Waals surface area contributed by atoms with E-state index >= 15 is 0 Å². The highest BCUT2D eigenvalue weighted by Crippen LogP contribution is 2.22. The molecule has 0 saturated carbocycles. The minimum atomic E-state index is -0.491. The highest BCUT2D eigenvalue weighted by molar-refractivity contribution is 6.07. The van der Waals surface area contributed by atoms with E-state index < -0.39 is 6.04 Å². The van der Waals surface area contributed by atoms with Crippen LogP contribution in [0.15, 0.2) is 10.6 Å². The van der Waals surface area contributed by atoms with Crippen LogP contribution >= 0.6 is 0 Å². The topological polar surface area (TPSA) is 97.1 Å². The number of rotatable bonds is 2. The van der Waals surface area contributed by atoms with Gasteiger partial charge in [-0.15, -0.1) is 0 Å². The van der Waals surface area contributed by atoms with Gasteiger partial charge in [0.05, 0.1) is 16.6 Å². The van der Waals surface area contributed by atoms with Gasteiger partial charge in [0.25, 0.3) is 11.6 Å². The molecule has 7 nitrogen and oxygen atoms in total. The van der Waals surface area contributed by atoms with Gasteiger partial charge in [0.15, 0.2) is 0 Å². The standard InChI is InChI=1S/C14H16N4O3/c1-7-6-9(11-8(2)18-21-14(11)16-7)12(19)17-10-4-3-5-15-13(10)20/h6,10H,3-5H2,1-2H3,(H,15,20)(H,17,19). The van der Waals surface area contributed by atoms with Crippen molar-refractivity contribution in [3.63, 3.8) is 0 Å². The highest BCUT2D eigenvalue weighted by atomic mass is 16.5. The van der Waals surface area contributed by atoms with Gasteiger partial charge in [-0.3, -0.25) is 9.59 Å². The second-order valence-electron chi connectivity index (χ2n) is 5.22. The molecule has 1 fully saturated rings. The fourth-order valence-electron chi connectivity index (χ4n) is 2.54. The van der Waals surface area contributed by atoms with Crippen LogP contribution < -0.4 is 10.6 Å². The summed E-state index contributed by atoms with van der Waals surface area (Å²) in [5.41, 5.74) is 2.05. The Morgan fingerprint density at radius 3 is 3.05 bits per heavy atom. The predicted octanol–water partition coefficient (Wildman–Crippen LogP) is 0.848. The van der Waals surface area contributed by atoms with E-state index in [0.717, 1.165) is 6.42 Å². The third-order valence-corrected chi connectivity index (χ3v) is 3.58. The van der Waals surface area contributed by atoms with Gasteiger partial charge in [-0.05, 0) is 32.8 Å². The average Bonchev–Trinajstić information content (AvgIpc) is 2.82. The fraction of sp³-hybridized carbons (Fsp3) is 0.429. The molecule has 1 atom stereocenters. The van der Waals surface area contributed by atoms with E-state index in [-0.39, 0.29) is 11.8 Å². The van der Waals surface area contributed by atoms with E-state index in [1.807, 2.05) is 0 Å². The Morgan fingerprint density at radius 1 is 1.48 bits per heavy atom. The number of aryl methyl sites for hydroxylation is 2. The van der Waals surface area contributed by atoms with E-state index in [2.05, 4.69) is 20.8 Å². The maximum Gasteiger partial charge on any atom is 0.258 e. The molecule has 110 valence electrons. The van der Waals surface area contributed by atoms with Crippen LogP contribution in [0.25, 0.3) is 11.1 Å². The number of piperidine rings is 1. The quantitative estimate of drug-likeness (QED) is 0.853. The molecule has 0 spiro atoms. The van der Waals surface area contributed by atoms with Gasteiger partial charge >= 0.3 is 0 Å². The van der Waals surface area contributed by atoms with Crippen molar-refractivity contribution >= 4 is 22.9 Å². The van der Waals surface area contributed by atoms with Crippen LogP contribution in [-0.2, 0) is 4.79 Å². The lowest BCUT2D eigenvalue weighted by Crippen LogP contribution is -2.50. The average molecular weight is 288 g/mol. The molecule has 1 aliphatic rings. The minimum absolute atomic E-state index is 0.140. The molecule has 2 N–H and O–H groups in total. The monoisotopic (exact) mass is 288 g/mol. The molecule has 2 aromatic heterocycles. The van der Waals surface area contributed by atoms with Gasteiger partial charge in [0, 0.05) is 12.2 Å². The SMILES string of the molecule is Cc1cc(C(=O)NC2CCCNC2=O)c2c(C)noc2n1. The van der Waals surface area contributed by atoms with Crippen LogP contribution in [0.4, 0.5) is 0 Å². The number of nitrogens with zero attached hydrogens (tertiary/aromatic N) is 2. The Hall–Kier alpha value is -2.44. The summed E-state index contributed by atoms with van der Waals surface area (Å²) in [5.74, 6) is -0.447. The smallest absolute Gasteiger partial charge is 0.258 e. The zero-order valence-electron chi connectivity index (χ0n) is 11.9. The molecule has 2 aromatic rings. The van der Waals surface area contributed by atoms with Gasteiger partial charge in [-0.2, -0.15) is 0 Å². The second kappa shape index (κ2) is 5.16. The summed E-state index contributed by atoms with van der Waals surface area (Å²) in [6.45, 7) is 4.20. The molecule has 1 unspecified atom stereocenters. The molecule has 1 aliphatic heterocycles. The van der Waals surface area contributed by atoms with Crippen LogP contribution in [-0.4, -0.2) is 34.5 Å². The molecule has 0 radical (unpaired) electrons. The van der Waals surface area contributed by atoms with Crippen LogP contribution in [0, 0.1) is 13.8 Å². The first-order valence-corrected chi connectivity index (χ1v) is 6.88. The number of carbonyl (C=O) groups excluding carboxylic acids is 2. The first-order valence-electron chi connectivity index (χ1n) is 6.88. The highest BCUT2D eigenvalue weighted by Gasteiger charge is 2.26. The van der Waals surface area contributed by atoms with Crippen LogP contribution in [0.3, 0.4) is 0 Å². The van der Waals surface area contributed by atoms with Crippen molar-refractivity contribution in [3.05, 3.63) is 23.0 Å². The van der Waals surface area contributed by atoms with Crippen molar-refractivity contribution in [3.8, 4) is 0 Å². The number of pyridine rings is 1. The third kappa shape index (κ3) is 2.46. The van der Waals surface area contributed by atoms with Crippen molar-refractivity contribution in [2.45, 2.75) is 32.7 Å². The summed E-state index contributed by atoms with van der Waals surface area (Å²) in [7, 11) is 0. The molecular formula is C14H16N4O3. The Bertz CT molecular complexity index is 722. The molecule has 7 heteroatoms. The number of hydrogen-bond acceptors (Lipinski definition) is 5. The fourth-order valence-corrected chi connectivity index (χ4v) is 2.54. The first kappa shape index (κ1) is 13.5. The zero-order chi connectivity index (χ0) is 15.0. The van der Waals surface area contributed by atoms with E-state index in [4.69, 9.17) is 4.52 Å². The van der Waals surface area contributed by atoms with E-state index in [0.29, 0.717) is 41.0 Å². The van der Waals surface area contributed by atoms with E-state index in [1.165, 1.54) is 0 Å². The van der Waals surface area contributed by atoms with E-state index in [1.54, 1.807) is 19.9 Å². The molecule has 3 rings (SSSR count). The summed E-state index contributed by atoms with van der Waals surface area (Å²) < 4.78 is 5.11. The van der Waals surface area contributed by atoms with Gasteiger partial charge in [-0.1, -0.05) is 5.16 Å². The number of amides is 2. The summed E-state index contributed by atoms with van der Waals surface area (Å²) in [4.78, 5) is 28.4. The summed E-state index contributed by atoms with van der Waals surface area (Å²) in [5, 5.41) is 9.96. The molecule has 0 aliphatic carbocycles. The zero-order valence-corrected chi connectivity index (χ0v) is 11.9. The normalized spacial score (nSPS) is 18.6. The Kier molecular flexibility index (Phi) is 3.32. The maximum absolute atomic E-state index is 12.5. The van der Waals surface area contributed by atoms with Gasteiger partial charge in [0.2, 0.25) is 5.91 Å². The number of fused-ring (bicyclic) bond motifs is 1. The lowest BCUT2D eigenvalue weighted by molar-refractivity contribution is -0.124. The number of hydrogen-bond donors (Lipinski definition) is 2.